The van der Waals surface area contributed by atoms with Gasteiger partial charge in [0.25, 0.3) is 0 Å². The summed E-state index contributed by atoms with van der Waals surface area (Å²) in [6.07, 6.45) is 8.22. The van der Waals surface area contributed by atoms with E-state index in [9.17, 15) is 24.0 Å². The number of carboxylic acids is 1. The fourth-order valence-electron chi connectivity index (χ4n) is 9.85. The number of ketones is 2. The Hall–Kier alpha value is -0.990. The molecule has 9 fully saturated rings. The van der Waals surface area contributed by atoms with Crippen molar-refractivity contribution < 1.29 is 38.6 Å². The molecular weight excluding hydrogens is 937 g/mol. The number of carbonyl (C=O) groups is 5. The molecule has 6 aliphatic carbocycles. The Morgan fingerprint density at radius 2 is 1.03 bits per heavy atom. The highest BCUT2D eigenvalue weighted by Gasteiger charge is 2.60. The predicted octanol–water partition coefficient (Wildman–Crippen LogP) is 9.70. The van der Waals surface area contributed by atoms with E-state index in [2.05, 4.69) is 12.2 Å². The highest BCUT2D eigenvalue weighted by atomic mass is 35.5. The number of Topliss-reactive ketones (excluding diaryl/α,β-unsaturated/α-hetero) is 2. The lowest BCUT2D eigenvalue weighted by atomic mass is 9.94. The topological polar surface area (TPSA) is 169 Å². The number of carboxylic acid groups (broad SMARTS) is 1. The number of halogens is 6. The highest BCUT2D eigenvalue weighted by molar-refractivity contribution is 6.51. The standard InChI is InChI=1S/C17H25Cl2NO3.C12H17Cl2NO.C11H17NO4.C5H9Cl2N/c1-9(11-8-17(11,18)19)5-14(21)13-7-10-6-12(10)20(13)15(22)23-16(2,3)4;1-6(8-5-12(8,13)14)2-11(16)10-4-7-3-9(7)15-10;1-11(2,3)16-10(15)12-7-4-6(7)5-8(12)9(13)14;1-3(8)4-2-5(4,6)7/h9-13H,5-8H2,1-4H3;6-10,15H,2-5H2,1H3;6-8H,4-5H2,1-3H3,(H,13,14);3-4H,2,8H2,1H3/t9-,10+,11+,12+,13-;6-,7+,8+,9+,10-;6-,7-,8+;3-,4-/m0011/s1. The third kappa shape index (κ3) is 13.4. The van der Waals surface area contributed by atoms with Crippen LogP contribution in [0.1, 0.15) is 133 Å². The summed E-state index contributed by atoms with van der Waals surface area (Å²) in [6.45, 7) is 16.9. The molecule has 2 amide bonds. The maximum absolute atomic E-state index is 12.7. The van der Waals surface area contributed by atoms with E-state index in [4.69, 9.17) is 89.9 Å². The Kier molecular flexibility index (Phi) is 15.1. The van der Waals surface area contributed by atoms with Crippen molar-refractivity contribution >= 4 is 99.3 Å². The minimum Gasteiger partial charge on any atom is -0.480 e. The van der Waals surface area contributed by atoms with Gasteiger partial charge in [0.2, 0.25) is 0 Å². The summed E-state index contributed by atoms with van der Waals surface area (Å²) in [5, 5.41) is 12.4. The molecule has 12 nitrogen and oxygen atoms in total. The van der Waals surface area contributed by atoms with Crippen LogP contribution in [0.15, 0.2) is 0 Å². The largest absolute Gasteiger partial charge is 0.480 e. The average Bonchev–Trinajstić information content (AvgIpc) is 3.91. The molecule has 358 valence electrons. The zero-order chi connectivity index (χ0) is 47.1. The van der Waals surface area contributed by atoms with E-state index in [1.807, 2.05) is 34.6 Å². The van der Waals surface area contributed by atoms with Gasteiger partial charge < -0.3 is 25.6 Å². The molecule has 0 aromatic heterocycles. The highest BCUT2D eigenvalue weighted by Crippen LogP contribution is 2.59. The first kappa shape index (κ1) is 51.4. The molecule has 0 aromatic rings. The van der Waals surface area contributed by atoms with Crippen molar-refractivity contribution in [2.24, 2.45) is 53.1 Å². The van der Waals surface area contributed by atoms with Gasteiger partial charge in [0, 0.05) is 42.9 Å². The smallest absolute Gasteiger partial charge is 0.411 e. The molecule has 0 bridgehead atoms. The fraction of sp³-hybridized carbons (Fsp3) is 0.889. The number of carbonyl (C=O) groups excluding carboxylic acids is 4. The van der Waals surface area contributed by atoms with Crippen LogP contribution in [0, 0.1) is 47.3 Å². The Bertz CT molecular complexity index is 1760. The summed E-state index contributed by atoms with van der Waals surface area (Å²) in [5.41, 5.74) is 4.38. The van der Waals surface area contributed by atoms with Crippen LogP contribution in [-0.2, 0) is 23.9 Å². The molecule has 15 atom stereocenters. The van der Waals surface area contributed by atoms with Crippen molar-refractivity contribution in [2.75, 3.05) is 0 Å². The van der Waals surface area contributed by atoms with E-state index in [0.717, 1.165) is 50.9 Å². The summed E-state index contributed by atoms with van der Waals surface area (Å²) in [5.74, 6) is 2.45. The summed E-state index contributed by atoms with van der Waals surface area (Å²) in [4.78, 5) is 63.1. The maximum atomic E-state index is 12.7. The normalized spacial score (nSPS) is 37.2. The average molecular weight is 1010 g/mol. The Labute approximate surface area is 403 Å². The van der Waals surface area contributed by atoms with Crippen LogP contribution >= 0.6 is 69.6 Å². The summed E-state index contributed by atoms with van der Waals surface area (Å²) < 4.78 is 9.01. The second-order valence-electron chi connectivity index (χ2n) is 22.2. The molecule has 63 heavy (non-hydrogen) atoms. The van der Waals surface area contributed by atoms with E-state index in [1.54, 1.807) is 25.7 Å². The second-order valence-corrected chi connectivity index (χ2v) is 26.8. The molecule has 3 heterocycles. The number of fused-ring (bicyclic) bond motifs is 3. The van der Waals surface area contributed by atoms with Gasteiger partial charge in [0.05, 0.1) is 12.1 Å². The fourth-order valence-corrected chi connectivity index (χ4v) is 12.1. The number of ether oxygens (including phenoxy) is 2. The maximum Gasteiger partial charge on any atom is 0.411 e. The molecule has 18 heteroatoms. The van der Waals surface area contributed by atoms with Gasteiger partial charge >= 0.3 is 18.2 Å². The Morgan fingerprint density at radius 1 is 0.635 bits per heavy atom. The Morgan fingerprint density at radius 3 is 1.37 bits per heavy atom. The minimum atomic E-state index is -0.932. The molecule has 9 rings (SSSR count). The van der Waals surface area contributed by atoms with Gasteiger partial charge in [-0.25, -0.2) is 14.4 Å². The van der Waals surface area contributed by atoms with Crippen molar-refractivity contribution in [3.8, 4) is 0 Å². The number of hydrogen-bond donors (Lipinski definition) is 3. The lowest BCUT2D eigenvalue weighted by Crippen LogP contribution is -2.46. The minimum absolute atomic E-state index is 0.0935. The molecule has 0 spiro atoms. The molecule has 0 aromatic carbocycles. The number of likely N-dealkylation sites (tertiary alicyclic amines) is 2. The number of hydrogen-bond acceptors (Lipinski definition) is 9. The molecule has 3 aliphatic heterocycles. The quantitative estimate of drug-likeness (QED) is 0.179. The summed E-state index contributed by atoms with van der Waals surface area (Å²) in [7, 11) is 0. The van der Waals surface area contributed by atoms with Crippen LogP contribution in [0.4, 0.5) is 9.59 Å². The number of aliphatic carboxylic acids is 1. The van der Waals surface area contributed by atoms with Crippen LogP contribution < -0.4 is 11.1 Å². The van der Waals surface area contributed by atoms with Gasteiger partial charge in [-0.2, -0.15) is 0 Å². The number of nitrogens with two attached hydrogens (primary N) is 1. The molecule has 9 aliphatic rings. The molecular formula is C45H68Cl6N4O8. The first-order valence-corrected chi connectivity index (χ1v) is 25.0. The number of nitrogens with zero attached hydrogens (tertiary/aromatic N) is 2. The molecule has 0 unspecified atom stereocenters. The monoisotopic (exact) mass is 1000 g/mol. The van der Waals surface area contributed by atoms with Crippen LogP contribution in [0.3, 0.4) is 0 Å². The van der Waals surface area contributed by atoms with Gasteiger partial charge in [-0.3, -0.25) is 19.4 Å². The first-order chi connectivity index (χ1) is 28.8. The van der Waals surface area contributed by atoms with Gasteiger partial charge in [-0.15, -0.1) is 69.6 Å². The van der Waals surface area contributed by atoms with Crippen molar-refractivity contribution in [3.05, 3.63) is 0 Å². The number of amides is 2. The lowest BCUT2D eigenvalue weighted by Gasteiger charge is -2.30. The zero-order valence-electron chi connectivity index (χ0n) is 38.0. The molecule has 3 saturated heterocycles. The van der Waals surface area contributed by atoms with E-state index in [-0.39, 0.29) is 53.9 Å². The van der Waals surface area contributed by atoms with Crippen LogP contribution in [0.2, 0.25) is 0 Å². The van der Waals surface area contributed by atoms with Crippen LogP contribution in [0.25, 0.3) is 0 Å². The third-order valence-corrected chi connectivity index (χ3v) is 16.6. The SMILES string of the molecule is CC(C)(C)OC(=O)N1[C@@H]2C[C@@H]2C[C@H]1C(=O)O.C[C@@H](CC(=O)[C@@H]1C[C@H]2C[C@H]2N1)[C@H]1CC1(Cl)Cl.C[C@@H](CC(=O)[C@@H]1C[C@H]2C[C@H]2N1C(=O)OC(C)(C)C)[C@H]1CC1(Cl)Cl.C[C@@H](N)[C@H]1CC1(Cl)Cl. The van der Waals surface area contributed by atoms with Gasteiger partial charge in [0.15, 0.2) is 5.78 Å². The predicted molar refractivity (Wildman–Crippen MR) is 247 cm³/mol. The van der Waals surface area contributed by atoms with Gasteiger partial charge in [-0.05, 0) is 148 Å². The third-order valence-electron chi connectivity index (χ3n) is 14.0. The van der Waals surface area contributed by atoms with Crippen LogP contribution in [0.5, 0.6) is 0 Å². The van der Waals surface area contributed by atoms with Crippen molar-refractivity contribution in [2.45, 2.75) is 199 Å². The lowest BCUT2D eigenvalue weighted by molar-refractivity contribution is -0.142. The van der Waals surface area contributed by atoms with Gasteiger partial charge in [-0.1, -0.05) is 13.8 Å². The molecule has 6 saturated carbocycles. The van der Waals surface area contributed by atoms with E-state index in [1.165, 1.54) is 11.3 Å². The van der Waals surface area contributed by atoms with Crippen LogP contribution in [-0.4, -0.2) is 111 Å². The summed E-state index contributed by atoms with van der Waals surface area (Å²) >= 11 is 35.6. The summed E-state index contributed by atoms with van der Waals surface area (Å²) in [6, 6.07) is 0.153. The van der Waals surface area contributed by atoms with Crippen molar-refractivity contribution in [3.63, 3.8) is 0 Å². The Balaban J connectivity index is 0.000000147. The first-order valence-electron chi connectivity index (χ1n) is 22.8. The van der Waals surface area contributed by atoms with Crippen molar-refractivity contribution in [1.29, 1.82) is 0 Å². The molecule has 0 radical (unpaired) electrons. The van der Waals surface area contributed by atoms with E-state index < -0.39 is 42.3 Å². The number of piperidine rings is 3. The molecule has 4 N–H and O–H groups in total. The number of nitrogens with one attached hydrogen (secondary N) is 1. The second kappa shape index (κ2) is 18.5. The van der Waals surface area contributed by atoms with Gasteiger partial charge in [0.1, 0.15) is 36.0 Å². The van der Waals surface area contributed by atoms with Crippen molar-refractivity contribution in [1.82, 2.24) is 15.1 Å². The zero-order valence-corrected chi connectivity index (χ0v) is 42.5. The number of alkyl halides is 6. The van der Waals surface area contributed by atoms with E-state index >= 15 is 0 Å². The number of rotatable bonds is 10. The van der Waals surface area contributed by atoms with E-state index in [0.29, 0.717) is 60.7 Å².